The average Bonchev–Trinajstić information content (AvgIpc) is 2.65. The van der Waals surface area contributed by atoms with Crippen molar-refractivity contribution >= 4 is 23.4 Å². The van der Waals surface area contributed by atoms with Crippen LogP contribution in [0.4, 0.5) is 0 Å². The van der Waals surface area contributed by atoms with Gasteiger partial charge in [0.1, 0.15) is 18.0 Å². The molecule has 7 heteroatoms. The molecule has 0 spiro atoms. The van der Waals surface area contributed by atoms with Crippen molar-refractivity contribution in [2.45, 2.75) is 18.4 Å². The highest BCUT2D eigenvalue weighted by Crippen LogP contribution is 2.22. The third kappa shape index (κ3) is 4.43. The van der Waals surface area contributed by atoms with E-state index in [9.17, 15) is 9.59 Å². The first-order chi connectivity index (χ1) is 12.5. The molecule has 134 valence electrons. The fourth-order valence-corrected chi connectivity index (χ4v) is 3.10. The third-order valence-electron chi connectivity index (χ3n) is 3.64. The first-order valence-corrected chi connectivity index (χ1v) is 8.95. The molecule has 0 aliphatic carbocycles. The van der Waals surface area contributed by atoms with E-state index in [1.54, 1.807) is 19.4 Å². The van der Waals surface area contributed by atoms with E-state index in [2.05, 4.69) is 4.98 Å². The molecule has 0 amide bonds. The van der Waals surface area contributed by atoms with Crippen LogP contribution in [0.1, 0.15) is 11.3 Å². The zero-order chi connectivity index (χ0) is 18.5. The van der Waals surface area contributed by atoms with Crippen molar-refractivity contribution < 1.29 is 14.3 Å². The number of aryl methyl sites for hydroxylation is 1. The Morgan fingerprint density at radius 3 is 2.88 bits per heavy atom. The van der Waals surface area contributed by atoms with Crippen LogP contribution < -0.4 is 10.3 Å². The highest BCUT2D eigenvalue weighted by Gasteiger charge is 2.08. The summed E-state index contributed by atoms with van der Waals surface area (Å²) in [6, 6.07) is 12.5. The molecule has 0 radical (unpaired) electrons. The topological polar surface area (TPSA) is 69.9 Å². The van der Waals surface area contributed by atoms with Gasteiger partial charge >= 0.3 is 5.97 Å². The highest BCUT2D eigenvalue weighted by atomic mass is 32.2. The van der Waals surface area contributed by atoms with Gasteiger partial charge in [-0.15, -0.1) is 11.8 Å². The van der Waals surface area contributed by atoms with E-state index in [1.165, 1.54) is 22.2 Å². The number of methoxy groups -OCH3 is 1. The molecular formula is C19H18N2O4S. The van der Waals surface area contributed by atoms with E-state index in [1.807, 2.05) is 37.3 Å². The molecule has 0 aliphatic heterocycles. The summed E-state index contributed by atoms with van der Waals surface area (Å²) in [5, 5.41) is 0. The fourth-order valence-electron chi connectivity index (χ4n) is 2.36. The van der Waals surface area contributed by atoms with Gasteiger partial charge in [0.25, 0.3) is 5.56 Å². The molecule has 26 heavy (non-hydrogen) atoms. The molecule has 0 atom stereocenters. The molecule has 0 saturated carbocycles. The minimum absolute atomic E-state index is 0.0306. The number of rotatable bonds is 6. The van der Waals surface area contributed by atoms with Crippen LogP contribution in [0.25, 0.3) is 5.65 Å². The standard InChI is InChI=1S/C19H18N2O4S/c1-13-6-7-17-20-14(8-18(22)21(17)10-13)11-25-19(23)12-26-16-5-3-4-15(9-16)24-2/h3-10H,11-12H2,1-2H3. The number of pyridine rings is 1. The summed E-state index contributed by atoms with van der Waals surface area (Å²) in [4.78, 5) is 29.4. The Morgan fingerprint density at radius 2 is 2.08 bits per heavy atom. The van der Waals surface area contributed by atoms with Crippen LogP contribution in [0.5, 0.6) is 5.75 Å². The Kier molecular flexibility index (Phi) is 5.58. The number of hydrogen-bond donors (Lipinski definition) is 0. The number of thioether (sulfide) groups is 1. The van der Waals surface area contributed by atoms with Crippen LogP contribution in [0.3, 0.4) is 0 Å². The number of carbonyl (C=O) groups is 1. The van der Waals surface area contributed by atoms with Crippen molar-refractivity contribution in [3.8, 4) is 5.75 Å². The number of fused-ring (bicyclic) bond motifs is 1. The van der Waals surface area contributed by atoms with Gasteiger partial charge in [0.2, 0.25) is 0 Å². The van der Waals surface area contributed by atoms with Gasteiger partial charge in [-0.1, -0.05) is 12.1 Å². The number of hydrogen-bond acceptors (Lipinski definition) is 6. The van der Waals surface area contributed by atoms with Crippen LogP contribution in [0, 0.1) is 6.92 Å². The lowest BCUT2D eigenvalue weighted by atomic mass is 10.3. The van der Waals surface area contributed by atoms with Gasteiger partial charge in [0.05, 0.1) is 18.6 Å². The fraction of sp³-hybridized carbons (Fsp3) is 0.211. The second-order valence-electron chi connectivity index (χ2n) is 5.65. The quantitative estimate of drug-likeness (QED) is 0.491. The van der Waals surface area contributed by atoms with Gasteiger partial charge in [-0.05, 0) is 36.8 Å². The molecule has 0 fully saturated rings. The van der Waals surface area contributed by atoms with Gasteiger partial charge in [-0.25, -0.2) is 4.98 Å². The van der Waals surface area contributed by atoms with Crippen molar-refractivity contribution in [3.05, 3.63) is 70.3 Å². The predicted molar refractivity (Wildman–Crippen MR) is 99.7 cm³/mol. The third-order valence-corrected chi connectivity index (χ3v) is 4.61. The Labute approximate surface area is 154 Å². The monoisotopic (exact) mass is 370 g/mol. The van der Waals surface area contributed by atoms with Crippen LogP contribution >= 0.6 is 11.8 Å². The van der Waals surface area contributed by atoms with Crippen LogP contribution in [-0.4, -0.2) is 28.2 Å². The number of benzene rings is 1. The van der Waals surface area contributed by atoms with Gasteiger partial charge in [-0.3, -0.25) is 14.0 Å². The lowest BCUT2D eigenvalue weighted by molar-refractivity contribution is -0.141. The smallest absolute Gasteiger partial charge is 0.316 e. The van der Waals surface area contributed by atoms with Crippen molar-refractivity contribution in [2.75, 3.05) is 12.9 Å². The summed E-state index contributed by atoms with van der Waals surface area (Å²) in [5.41, 5.74) is 1.73. The number of ether oxygens (including phenoxy) is 2. The molecule has 0 bridgehead atoms. The molecule has 2 aromatic heterocycles. The van der Waals surface area contributed by atoms with Crippen molar-refractivity contribution in [2.24, 2.45) is 0 Å². The minimum Gasteiger partial charge on any atom is -0.497 e. The van der Waals surface area contributed by atoms with Gasteiger partial charge < -0.3 is 9.47 Å². The van der Waals surface area contributed by atoms with Crippen LogP contribution in [-0.2, 0) is 16.1 Å². The predicted octanol–water partition coefficient (Wildman–Crippen LogP) is 2.85. The second kappa shape index (κ2) is 8.05. The Bertz CT molecular complexity index is 1000. The van der Waals surface area contributed by atoms with Crippen molar-refractivity contribution in [1.29, 1.82) is 0 Å². The Balaban J connectivity index is 1.60. The molecule has 2 heterocycles. The molecule has 3 rings (SSSR count). The summed E-state index contributed by atoms with van der Waals surface area (Å²) in [5.74, 6) is 0.530. The summed E-state index contributed by atoms with van der Waals surface area (Å²) in [6.45, 7) is 1.87. The van der Waals surface area contributed by atoms with Gasteiger partial charge in [-0.2, -0.15) is 0 Å². The molecule has 0 saturated heterocycles. The summed E-state index contributed by atoms with van der Waals surface area (Å²) in [7, 11) is 1.60. The highest BCUT2D eigenvalue weighted by molar-refractivity contribution is 8.00. The van der Waals surface area contributed by atoms with E-state index in [4.69, 9.17) is 9.47 Å². The maximum Gasteiger partial charge on any atom is 0.316 e. The Hall–Kier alpha value is -2.80. The van der Waals surface area contributed by atoms with E-state index in [-0.39, 0.29) is 23.9 Å². The lowest BCUT2D eigenvalue weighted by Crippen LogP contribution is -2.17. The lowest BCUT2D eigenvalue weighted by Gasteiger charge is -2.07. The minimum atomic E-state index is -0.372. The second-order valence-corrected chi connectivity index (χ2v) is 6.70. The molecule has 0 unspecified atom stereocenters. The number of aromatic nitrogens is 2. The number of esters is 1. The van der Waals surface area contributed by atoms with Crippen LogP contribution in [0.15, 0.2) is 58.4 Å². The molecule has 1 aromatic carbocycles. The first kappa shape index (κ1) is 18.0. The number of nitrogens with zero attached hydrogens (tertiary/aromatic N) is 2. The van der Waals surface area contributed by atoms with Crippen LogP contribution in [0.2, 0.25) is 0 Å². The summed E-state index contributed by atoms with van der Waals surface area (Å²) < 4.78 is 11.9. The first-order valence-electron chi connectivity index (χ1n) is 7.96. The normalized spacial score (nSPS) is 10.7. The Morgan fingerprint density at radius 1 is 1.23 bits per heavy atom. The molecule has 3 aromatic rings. The molecule has 6 nitrogen and oxygen atoms in total. The summed E-state index contributed by atoms with van der Waals surface area (Å²) in [6.07, 6.45) is 1.73. The van der Waals surface area contributed by atoms with Crippen molar-refractivity contribution in [1.82, 2.24) is 9.38 Å². The largest absolute Gasteiger partial charge is 0.497 e. The van der Waals surface area contributed by atoms with E-state index < -0.39 is 0 Å². The molecular weight excluding hydrogens is 352 g/mol. The van der Waals surface area contributed by atoms with E-state index in [0.717, 1.165) is 16.2 Å². The van der Waals surface area contributed by atoms with Crippen molar-refractivity contribution in [3.63, 3.8) is 0 Å². The SMILES string of the molecule is COc1cccc(SCC(=O)OCc2cc(=O)n3cc(C)ccc3n2)c1. The van der Waals surface area contributed by atoms with E-state index in [0.29, 0.717) is 11.3 Å². The zero-order valence-corrected chi connectivity index (χ0v) is 15.3. The maximum absolute atomic E-state index is 12.1. The maximum atomic E-state index is 12.1. The number of carbonyl (C=O) groups excluding carboxylic acids is 1. The average molecular weight is 370 g/mol. The van der Waals surface area contributed by atoms with E-state index >= 15 is 0 Å². The molecule has 0 aliphatic rings. The van der Waals surface area contributed by atoms with Gasteiger partial charge in [0, 0.05) is 17.2 Å². The summed E-state index contributed by atoms with van der Waals surface area (Å²) >= 11 is 1.36. The molecule has 0 N–H and O–H groups in total. The zero-order valence-electron chi connectivity index (χ0n) is 14.5. The van der Waals surface area contributed by atoms with Gasteiger partial charge in [0.15, 0.2) is 0 Å².